The fourth-order valence-electron chi connectivity index (χ4n) is 3.10. The van der Waals surface area contributed by atoms with Crippen LogP contribution in [0.25, 0.3) is 0 Å². The van der Waals surface area contributed by atoms with Gasteiger partial charge >= 0.3 is 0 Å². The quantitative estimate of drug-likeness (QED) is 0.725. The van der Waals surface area contributed by atoms with Gasteiger partial charge in [0.1, 0.15) is 11.6 Å². The monoisotopic (exact) mass is 358 g/mol. The van der Waals surface area contributed by atoms with Crippen molar-refractivity contribution in [2.45, 2.75) is 20.4 Å². The van der Waals surface area contributed by atoms with Crippen LogP contribution in [-0.2, 0) is 6.54 Å². The first-order valence-electron chi connectivity index (χ1n) is 8.46. The maximum Gasteiger partial charge on any atom is 0.271 e. The second-order valence-electron chi connectivity index (χ2n) is 6.33. The Morgan fingerprint density at radius 2 is 1.70 bits per heavy atom. The van der Waals surface area contributed by atoms with E-state index in [1.807, 2.05) is 30.3 Å². The lowest BCUT2D eigenvalue weighted by Gasteiger charge is -2.16. The predicted octanol–water partition coefficient (Wildman–Crippen LogP) is 3.32. The first-order valence-corrected chi connectivity index (χ1v) is 8.46. The molecule has 0 unspecified atom stereocenters. The number of aromatic hydroxyl groups is 1. The van der Waals surface area contributed by atoms with E-state index in [9.17, 15) is 20.0 Å². The fraction of sp³-hybridized carbons (Fsp3) is 0.136. The van der Waals surface area contributed by atoms with Crippen molar-refractivity contribution in [3.63, 3.8) is 0 Å². The molecule has 0 bridgehead atoms. The number of hydrogen-bond donors (Lipinski definition) is 1. The number of nitrogens with zero attached hydrogens (tertiary/aromatic N) is 2. The molecular formula is C22H18N2O3. The van der Waals surface area contributed by atoms with Crippen molar-refractivity contribution in [1.29, 1.82) is 5.26 Å². The van der Waals surface area contributed by atoms with Crippen LogP contribution < -0.4 is 5.56 Å². The molecule has 3 rings (SSSR count). The first-order chi connectivity index (χ1) is 13.0. The standard InChI is InChI=1S/C22H18N2O3/c1-14-8-6-7-11-17(14)20(25)19-15(2)18(12-23)21(26)24(22(19)27)13-16-9-4-3-5-10-16/h3-11,27H,13H2,1-2H3. The van der Waals surface area contributed by atoms with Crippen molar-refractivity contribution in [2.75, 3.05) is 0 Å². The second-order valence-corrected chi connectivity index (χ2v) is 6.33. The van der Waals surface area contributed by atoms with E-state index in [0.29, 0.717) is 5.56 Å². The van der Waals surface area contributed by atoms with E-state index in [-0.39, 0.29) is 23.2 Å². The van der Waals surface area contributed by atoms with Crippen molar-refractivity contribution >= 4 is 5.78 Å². The minimum atomic E-state index is -0.613. The predicted molar refractivity (Wildman–Crippen MR) is 102 cm³/mol. The summed E-state index contributed by atoms with van der Waals surface area (Å²) in [6, 6.07) is 18.0. The van der Waals surface area contributed by atoms with Crippen molar-refractivity contribution in [1.82, 2.24) is 4.57 Å². The third kappa shape index (κ3) is 3.25. The van der Waals surface area contributed by atoms with Crippen LogP contribution in [0.1, 0.15) is 38.2 Å². The molecule has 1 N–H and O–H groups in total. The number of aromatic nitrogens is 1. The molecule has 0 amide bonds. The van der Waals surface area contributed by atoms with Crippen molar-refractivity contribution in [3.05, 3.63) is 98.3 Å². The van der Waals surface area contributed by atoms with Crippen LogP contribution in [0, 0.1) is 25.2 Å². The summed E-state index contributed by atoms with van der Waals surface area (Å²) in [5, 5.41) is 20.2. The van der Waals surface area contributed by atoms with E-state index >= 15 is 0 Å². The highest BCUT2D eigenvalue weighted by Crippen LogP contribution is 2.26. The third-order valence-electron chi connectivity index (χ3n) is 4.60. The number of benzene rings is 2. The zero-order valence-electron chi connectivity index (χ0n) is 15.1. The van der Waals surface area contributed by atoms with Gasteiger partial charge in [0.2, 0.25) is 5.88 Å². The number of carbonyl (C=O) groups is 1. The SMILES string of the molecule is Cc1ccccc1C(=O)c1c(C)c(C#N)c(=O)n(Cc2ccccc2)c1O. The van der Waals surface area contributed by atoms with Gasteiger partial charge in [-0.05, 0) is 30.5 Å². The molecule has 27 heavy (non-hydrogen) atoms. The van der Waals surface area contributed by atoms with Crippen LogP contribution in [0.5, 0.6) is 5.88 Å². The minimum absolute atomic E-state index is 0.0172. The van der Waals surface area contributed by atoms with Gasteiger partial charge in [-0.3, -0.25) is 14.2 Å². The van der Waals surface area contributed by atoms with Crippen molar-refractivity contribution in [3.8, 4) is 11.9 Å². The van der Waals surface area contributed by atoms with Crippen LogP contribution in [0.15, 0.2) is 59.4 Å². The Kier molecular flexibility index (Phi) is 4.91. The van der Waals surface area contributed by atoms with Gasteiger partial charge < -0.3 is 5.11 Å². The van der Waals surface area contributed by atoms with Gasteiger partial charge in [-0.2, -0.15) is 5.26 Å². The highest BCUT2D eigenvalue weighted by Gasteiger charge is 2.25. The molecule has 1 aromatic heterocycles. The van der Waals surface area contributed by atoms with Gasteiger partial charge in [0, 0.05) is 5.56 Å². The molecule has 0 aliphatic carbocycles. The molecule has 0 atom stereocenters. The molecule has 134 valence electrons. The lowest BCUT2D eigenvalue weighted by Crippen LogP contribution is -2.27. The molecule has 3 aromatic rings. The number of aryl methyl sites for hydroxylation is 1. The average Bonchev–Trinajstić information content (AvgIpc) is 2.66. The Labute approximate surface area is 156 Å². The Hall–Kier alpha value is -3.65. The molecule has 0 aliphatic rings. The zero-order valence-corrected chi connectivity index (χ0v) is 15.1. The highest BCUT2D eigenvalue weighted by atomic mass is 16.3. The third-order valence-corrected chi connectivity index (χ3v) is 4.60. The molecule has 0 fully saturated rings. The van der Waals surface area contributed by atoms with E-state index in [1.165, 1.54) is 6.92 Å². The summed E-state index contributed by atoms with van der Waals surface area (Å²) in [7, 11) is 0. The molecule has 0 saturated heterocycles. The lowest BCUT2D eigenvalue weighted by atomic mass is 9.94. The molecule has 5 nitrogen and oxygen atoms in total. The number of ketones is 1. The Morgan fingerprint density at radius 1 is 1.07 bits per heavy atom. The zero-order chi connectivity index (χ0) is 19.6. The molecule has 5 heteroatoms. The molecular weight excluding hydrogens is 340 g/mol. The maximum atomic E-state index is 13.1. The summed E-state index contributed by atoms with van der Waals surface area (Å²) in [6.07, 6.45) is 0. The van der Waals surface area contributed by atoms with Gasteiger partial charge in [-0.25, -0.2) is 0 Å². The number of carbonyl (C=O) groups excluding carboxylic acids is 1. The van der Waals surface area contributed by atoms with Crippen LogP contribution in [0.4, 0.5) is 0 Å². The topological polar surface area (TPSA) is 83.1 Å². The smallest absolute Gasteiger partial charge is 0.271 e. The Morgan fingerprint density at radius 3 is 2.33 bits per heavy atom. The van der Waals surface area contributed by atoms with Crippen LogP contribution in [-0.4, -0.2) is 15.5 Å². The number of pyridine rings is 1. The van der Waals surface area contributed by atoms with E-state index in [0.717, 1.165) is 15.7 Å². The summed E-state index contributed by atoms with van der Waals surface area (Å²) in [6.45, 7) is 3.37. The maximum absolute atomic E-state index is 13.1. The van der Waals surface area contributed by atoms with Crippen molar-refractivity contribution < 1.29 is 9.90 Å². The average molecular weight is 358 g/mol. The normalized spacial score (nSPS) is 10.4. The summed E-state index contributed by atoms with van der Waals surface area (Å²) in [4.78, 5) is 25.8. The molecule has 0 spiro atoms. The highest BCUT2D eigenvalue weighted by molar-refractivity contribution is 6.12. The van der Waals surface area contributed by atoms with E-state index in [2.05, 4.69) is 0 Å². The number of nitriles is 1. The number of hydrogen-bond acceptors (Lipinski definition) is 4. The molecule has 0 saturated carbocycles. The Balaban J connectivity index is 2.24. The van der Waals surface area contributed by atoms with Gasteiger partial charge in [0.25, 0.3) is 5.56 Å². The van der Waals surface area contributed by atoms with Gasteiger partial charge in [0.15, 0.2) is 5.78 Å². The van der Waals surface area contributed by atoms with E-state index in [4.69, 9.17) is 0 Å². The fourth-order valence-corrected chi connectivity index (χ4v) is 3.10. The van der Waals surface area contributed by atoms with E-state index < -0.39 is 17.2 Å². The molecule has 0 aliphatic heterocycles. The van der Waals surface area contributed by atoms with Crippen molar-refractivity contribution in [2.24, 2.45) is 0 Å². The summed E-state index contributed by atoms with van der Waals surface area (Å²) < 4.78 is 1.08. The van der Waals surface area contributed by atoms with Gasteiger partial charge in [-0.15, -0.1) is 0 Å². The summed E-state index contributed by atoms with van der Waals surface area (Å²) in [5.74, 6) is -0.838. The van der Waals surface area contributed by atoms with Crippen LogP contribution >= 0.6 is 0 Å². The summed E-state index contributed by atoms with van der Waals surface area (Å²) >= 11 is 0. The Bertz CT molecular complexity index is 1120. The number of rotatable bonds is 4. The minimum Gasteiger partial charge on any atom is -0.494 e. The lowest BCUT2D eigenvalue weighted by molar-refractivity contribution is 0.103. The van der Waals surface area contributed by atoms with Crippen LogP contribution in [0.2, 0.25) is 0 Å². The van der Waals surface area contributed by atoms with Gasteiger partial charge in [0.05, 0.1) is 12.1 Å². The largest absolute Gasteiger partial charge is 0.494 e. The molecule has 0 radical (unpaired) electrons. The molecule has 2 aromatic carbocycles. The first kappa shape index (κ1) is 18.2. The van der Waals surface area contributed by atoms with Gasteiger partial charge in [-0.1, -0.05) is 54.6 Å². The second kappa shape index (κ2) is 7.30. The van der Waals surface area contributed by atoms with Crippen LogP contribution in [0.3, 0.4) is 0 Å². The van der Waals surface area contributed by atoms with E-state index in [1.54, 1.807) is 37.3 Å². The summed E-state index contributed by atoms with van der Waals surface area (Å²) in [5.41, 5.74) is 1.37. The molecule has 1 heterocycles.